The van der Waals surface area contributed by atoms with Crippen LogP contribution in [0.25, 0.3) is 0 Å². The first-order chi connectivity index (χ1) is 10.0. The van der Waals surface area contributed by atoms with Gasteiger partial charge in [-0.3, -0.25) is 9.78 Å². The van der Waals surface area contributed by atoms with E-state index in [2.05, 4.69) is 20.5 Å². The second-order valence-electron chi connectivity index (χ2n) is 5.29. The molecule has 1 unspecified atom stereocenters. The largest absolute Gasteiger partial charge is 0.481 e. The number of aromatic nitrogens is 5. The molecular weight excluding hydrogens is 270 g/mol. The summed E-state index contributed by atoms with van der Waals surface area (Å²) in [7, 11) is 0. The van der Waals surface area contributed by atoms with Gasteiger partial charge in [-0.25, -0.2) is 4.68 Å². The molecule has 0 saturated heterocycles. The van der Waals surface area contributed by atoms with Crippen molar-refractivity contribution in [1.82, 2.24) is 25.2 Å². The molecule has 7 heteroatoms. The van der Waals surface area contributed by atoms with E-state index >= 15 is 0 Å². The van der Waals surface area contributed by atoms with Crippen LogP contribution in [0.4, 0.5) is 0 Å². The maximum Gasteiger partial charge on any atom is 0.311 e. The van der Waals surface area contributed by atoms with Gasteiger partial charge in [-0.15, -0.1) is 5.10 Å². The van der Waals surface area contributed by atoms with E-state index in [9.17, 15) is 9.90 Å². The van der Waals surface area contributed by atoms with Crippen molar-refractivity contribution in [1.29, 1.82) is 0 Å². The summed E-state index contributed by atoms with van der Waals surface area (Å²) in [4.78, 5) is 15.6. The van der Waals surface area contributed by atoms with Gasteiger partial charge in [0, 0.05) is 18.3 Å². The van der Waals surface area contributed by atoms with Crippen molar-refractivity contribution in [3.8, 4) is 0 Å². The van der Waals surface area contributed by atoms with Gasteiger partial charge in [0.05, 0.1) is 12.0 Å². The van der Waals surface area contributed by atoms with E-state index in [1.54, 1.807) is 17.8 Å². The van der Waals surface area contributed by atoms with E-state index < -0.39 is 11.4 Å². The van der Waals surface area contributed by atoms with Crippen LogP contribution < -0.4 is 0 Å². The van der Waals surface area contributed by atoms with Crippen molar-refractivity contribution < 1.29 is 9.90 Å². The number of pyridine rings is 1. The second kappa shape index (κ2) is 6.43. The third-order valence-electron chi connectivity index (χ3n) is 3.73. The molecular formula is C14H19N5O2. The summed E-state index contributed by atoms with van der Waals surface area (Å²) >= 11 is 0. The Morgan fingerprint density at radius 1 is 1.38 bits per heavy atom. The minimum Gasteiger partial charge on any atom is -0.481 e. The summed E-state index contributed by atoms with van der Waals surface area (Å²) in [6.45, 7) is 3.83. The van der Waals surface area contributed by atoms with Crippen LogP contribution in [0.2, 0.25) is 0 Å². The summed E-state index contributed by atoms with van der Waals surface area (Å²) in [5, 5.41) is 20.9. The minimum absolute atomic E-state index is 0.267. The Kier molecular flexibility index (Phi) is 4.62. The van der Waals surface area contributed by atoms with E-state index in [0.717, 1.165) is 12.1 Å². The molecule has 0 aliphatic heterocycles. The Labute approximate surface area is 123 Å². The number of aliphatic carboxylic acids is 1. The van der Waals surface area contributed by atoms with E-state index in [1.807, 2.05) is 25.1 Å². The van der Waals surface area contributed by atoms with Gasteiger partial charge in [0.25, 0.3) is 0 Å². The summed E-state index contributed by atoms with van der Waals surface area (Å²) in [5.41, 5.74) is 0.0957. The maximum absolute atomic E-state index is 11.4. The molecule has 0 saturated carbocycles. The molecule has 0 spiro atoms. The van der Waals surface area contributed by atoms with Crippen LogP contribution >= 0.6 is 0 Å². The summed E-state index contributed by atoms with van der Waals surface area (Å²) in [5.74, 6) is -0.155. The molecule has 2 aromatic rings. The van der Waals surface area contributed by atoms with Gasteiger partial charge in [0.2, 0.25) is 0 Å². The number of hydrogen-bond donors (Lipinski definition) is 1. The van der Waals surface area contributed by atoms with Crippen molar-refractivity contribution in [3.05, 3.63) is 35.9 Å². The Morgan fingerprint density at radius 2 is 2.19 bits per heavy atom. The SMILES string of the molecule is CCC(C)(Cn1nnnc1CCc1ccccn1)C(=O)O. The van der Waals surface area contributed by atoms with Gasteiger partial charge in [0.1, 0.15) is 0 Å². The molecule has 1 N–H and O–H groups in total. The van der Waals surface area contributed by atoms with Gasteiger partial charge >= 0.3 is 5.97 Å². The first-order valence-electron chi connectivity index (χ1n) is 6.93. The second-order valence-corrected chi connectivity index (χ2v) is 5.29. The minimum atomic E-state index is -0.866. The number of rotatable bonds is 7. The number of carboxylic acids is 1. The summed E-state index contributed by atoms with van der Waals surface area (Å²) in [6.07, 6.45) is 3.61. The highest BCUT2D eigenvalue weighted by Gasteiger charge is 2.33. The standard InChI is InChI=1S/C14H19N5O2/c1-3-14(2,13(20)21)10-19-12(16-17-18-19)8-7-11-6-4-5-9-15-11/h4-6,9H,3,7-8,10H2,1-2H3,(H,20,21). The van der Waals surface area contributed by atoms with Crippen LogP contribution in [0, 0.1) is 5.41 Å². The maximum atomic E-state index is 11.4. The van der Waals surface area contributed by atoms with Crippen LogP contribution in [-0.2, 0) is 24.2 Å². The molecule has 0 bridgehead atoms. The number of hydrogen-bond acceptors (Lipinski definition) is 5. The van der Waals surface area contributed by atoms with Gasteiger partial charge in [0.15, 0.2) is 5.82 Å². The van der Waals surface area contributed by atoms with Crippen LogP contribution in [0.3, 0.4) is 0 Å². The van der Waals surface area contributed by atoms with Gasteiger partial charge in [-0.2, -0.15) is 0 Å². The first kappa shape index (κ1) is 15.1. The molecule has 2 aromatic heterocycles. The lowest BCUT2D eigenvalue weighted by atomic mass is 9.88. The third-order valence-corrected chi connectivity index (χ3v) is 3.73. The zero-order valence-corrected chi connectivity index (χ0v) is 12.2. The van der Waals surface area contributed by atoms with Crippen molar-refractivity contribution >= 4 is 5.97 Å². The first-order valence-corrected chi connectivity index (χ1v) is 6.93. The highest BCUT2D eigenvalue weighted by molar-refractivity contribution is 5.73. The highest BCUT2D eigenvalue weighted by atomic mass is 16.4. The topological polar surface area (TPSA) is 93.8 Å². The average Bonchev–Trinajstić information content (AvgIpc) is 2.93. The lowest BCUT2D eigenvalue weighted by Crippen LogP contribution is -2.33. The predicted molar refractivity (Wildman–Crippen MR) is 75.5 cm³/mol. The molecule has 112 valence electrons. The Morgan fingerprint density at radius 3 is 2.81 bits per heavy atom. The zero-order valence-electron chi connectivity index (χ0n) is 12.2. The molecule has 0 amide bonds. The predicted octanol–water partition coefficient (Wildman–Crippen LogP) is 1.35. The smallest absolute Gasteiger partial charge is 0.311 e. The van der Waals surface area contributed by atoms with Gasteiger partial charge in [-0.05, 0) is 42.3 Å². The van der Waals surface area contributed by atoms with Gasteiger partial charge in [-0.1, -0.05) is 13.0 Å². The number of aryl methyl sites for hydroxylation is 2. The highest BCUT2D eigenvalue weighted by Crippen LogP contribution is 2.24. The zero-order chi connectivity index (χ0) is 15.3. The normalized spacial score (nSPS) is 13.8. The van der Waals surface area contributed by atoms with Crippen molar-refractivity contribution in [2.24, 2.45) is 5.41 Å². The van der Waals surface area contributed by atoms with Crippen molar-refractivity contribution in [2.75, 3.05) is 0 Å². The lowest BCUT2D eigenvalue weighted by Gasteiger charge is -2.22. The monoisotopic (exact) mass is 289 g/mol. The van der Waals surface area contributed by atoms with Crippen molar-refractivity contribution in [3.63, 3.8) is 0 Å². The molecule has 0 fully saturated rings. The van der Waals surface area contributed by atoms with Crippen LogP contribution in [0.5, 0.6) is 0 Å². The third kappa shape index (κ3) is 3.62. The fourth-order valence-electron chi connectivity index (χ4n) is 1.97. The fraction of sp³-hybridized carbons (Fsp3) is 0.500. The Bertz CT molecular complexity index is 598. The molecule has 0 aliphatic rings. The van der Waals surface area contributed by atoms with E-state index in [4.69, 9.17) is 0 Å². The molecule has 7 nitrogen and oxygen atoms in total. The van der Waals surface area contributed by atoms with Crippen LogP contribution in [-0.4, -0.2) is 36.3 Å². The Balaban J connectivity index is 2.07. The molecule has 21 heavy (non-hydrogen) atoms. The van der Waals surface area contributed by atoms with Gasteiger partial charge < -0.3 is 5.11 Å². The summed E-state index contributed by atoms with van der Waals surface area (Å²) < 4.78 is 1.58. The lowest BCUT2D eigenvalue weighted by molar-refractivity contribution is -0.149. The number of tetrazole rings is 1. The fourth-order valence-corrected chi connectivity index (χ4v) is 1.97. The van der Waals surface area contributed by atoms with Crippen LogP contribution in [0.1, 0.15) is 31.8 Å². The van der Waals surface area contributed by atoms with Crippen LogP contribution in [0.15, 0.2) is 24.4 Å². The van der Waals surface area contributed by atoms with E-state index in [1.165, 1.54) is 0 Å². The molecule has 2 heterocycles. The molecule has 0 aromatic carbocycles. The Hall–Kier alpha value is -2.31. The van der Waals surface area contributed by atoms with E-state index in [-0.39, 0.29) is 6.54 Å². The molecule has 0 radical (unpaired) electrons. The number of carbonyl (C=O) groups is 1. The summed E-state index contributed by atoms with van der Waals surface area (Å²) in [6, 6.07) is 5.75. The number of carboxylic acid groups (broad SMARTS) is 1. The van der Waals surface area contributed by atoms with Crippen molar-refractivity contribution in [2.45, 2.75) is 39.7 Å². The molecule has 0 aliphatic carbocycles. The average molecular weight is 289 g/mol. The number of nitrogens with zero attached hydrogens (tertiary/aromatic N) is 5. The quantitative estimate of drug-likeness (QED) is 0.827. The molecule has 2 rings (SSSR count). The van der Waals surface area contributed by atoms with E-state index in [0.29, 0.717) is 18.7 Å². The molecule has 1 atom stereocenters.